The molecule has 0 saturated carbocycles. The maximum Gasteiger partial charge on any atom is 0.305 e. The second kappa shape index (κ2) is 6.02. The highest BCUT2D eigenvalue weighted by Gasteiger charge is 2.21. The van der Waals surface area contributed by atoms with Crippen LogP contribution in [0, 0.1) is 11.8 Å². The van der Waals surface area contributed by atoms with E-state index < -0.39 is 0 Å². The first-order chi connectivity index (χ1) is 6.74. The Balaban J connectivity index is 2.19. The summed E-state index contributed by atoms with van der Waals surface area (Å²) < 4.78 is 4.91. The van der Waals surface area contributed by atoms with Gasteiger partial charge in [0.2, 0.25) is 0 Å². The summed E-state index contributed by atoms with van der Waals surface area (Å²) in [6.45, 7) is 6.79. The summed E-state index contributed by atoms with van der Waals surface area (Å²) in [5, 5.41) is 3.36. The molecule has 0 spiro atoms. The summed E-state index contributed by atoms with van der Waals surface area (Å²) in [5.41, 5.74) is 0. The van der Waals surface area contributed by atoms with Crippen molar-refractivity contribution in [2.24, 2.45) is 11.8 Å². The Hall–Kier alpha value is -0.570. The normalized spacial score (nSPS) is 27.3. The van der Waals surface area contributed by atoms with Crippen molar-refractivity contribution in [2.75, 3.05) is 19.7 Å². The highest BCUT2D eigenvalue weighted by molar-refractivity contribution is 5.69. The highest BCUT2D eigenvalue weighted by atomic mass is 16.5. The first kappa shape index (κ1) is 11.5. The summed E-state index contributed by atoms with van der Waals surface area (Å²) >= 11 is 0. The van der Waals surface area contributed by atoms with Crippen LogP contribution in [-0.2, 0) is 9.53 Å². The van der Waals surface area contributed by atoms with E-state index in [2.05, 4.69) is 12.2 Å². The molecule has 0 amide bonds. The van der Waals surface area contributed by atoms with Gasteiger partial charge in [-0.05, 0) is 44.7 Å². The fourth-order valence-electron chi connectivity index (χ4n) is 2.03. The van der Waals surface area contributed by atoms with Crippen LogP contribution in [0.2, 0.25) is 0 Å². The van der Waals surface area contributed by atoms with Gasteiger partial charge in [-0.15, -0.1) is 0 Å². The first-order valence-corrected chi connectivity index (χ1v) is 5.60. The van der Waals surface area contributed by atoms with Gasteiger partial charge >= 0.3 is 5.97 Å². The molecule has 0 aliphatic carbocycles. The molecule has 0 bridgehead atoms. The van der Waals surface area contributed by atoms with Crippen LogP contribution >= 0.6 is 0 Å². The number of hydrogen-bond acceptors (Lipinski definition) is 3. The summed E-state index contributed by atoms with van der Waals surface area (Å²) in [6.07, 6.45) is 2.77. The standard InChI is InChI=1S/C11H21NO2/c1-3-14-11(13)5-4-10-6-7-12-8-9(10)2/h9-10,12H,3-8H2,1-2H3. The molecule has 0 aromatic rings. The van der Waals surface area contributed by atoms with Crippen LogP contribution in [0.15, 0.2) is 0 Å². The molecule has 1 saturated heterocycles. The number of esters is 1. The van der Waals surface area contributed by atoms with Crippen LogP contribution in [0.4, 0.5) is 0 Å². The molecule has 1 rings (SSSR count). The minimum absolute atomic E-state index is 0.0433. The molecule has 0 aromatic carbocycles. The molecule has 1 heterocycles. The van der Waals surface area contributed by atoms with E-state index in [-0.39, 0.29) is 5.97 Å². The van der Waals surface area contributed by atoms with Gasteiger partial charge in [-0.3, -0.25) is 4.79 Å². The van der Waals surface area contributed by atoms with Gasteiger partial charge in [0.15, 0.2) is 0 Å². The van der Waals surface area contributed by atoms with Crippen LogP contribution in [0.3, 0.4) is 0 Å². The van der Waals surface area contributed by atoms with Crippen LogP contribution in [0.1, 0.15) is 33.1 Å². The lowest BCUT2D eigenvalue weighted by Crippen LogP contribution is -2.35. The number of ether oxygens (including phenoxy) is 1. The van der Waals surface area contributed by atoms with E-state index in [1.54, 1.807) is 0 Å². The second-order valence-electron chi connectivity index (χ2n) is 4.07. The lowest BCUT2D eigenvalue weighted by molar-refractivity contribution is -0.143. The van der Waals surface area contributed by atoms with Crippen LogP contribution < -0.4 is 5.32 Å². The molecule has 2 atom stereocenters. The van der Waals surface area contributed by atoms with E-state index in [9.17, 15) is 4.79 Å². The first-order valence-electron chi connectivity index (χ1n) is 5.60. The number of hydrogen-bond donors (Lipinski definition) is 1. The molecule has 14 heavy (non-hydrogen) atoms. The minimum atomic E-state index is -0.0433. The third-order valence-corrected chi connectivity index (χ3v) is 2.99. The summed E-state index contributed by atoms with van der Waals surface area (Å²) in [6, 6.07) is 0. The molecule has 1 N–H and O–H groups in total. The predicted octanol–water partition coefficient (Wildman–Crippen LogP) is 1.58. The van der Waals surface area contributed by atoms with Crippen molar-refractivity contribution in [1.82, 2.24) is 5.32 Å². The second-order valence-corrected chi connectivity index (χ2v) is 4.07. The van der Waals surface area contributed by atoms with Gasteiger partial charge in [-0.25, -0.2) is 0 Å². The van der Waals surface area contributed by atoms with E-state index >= 15 is 0 Å². The highest BCUT2D eigenvalue weighted by Crippen LogP contribution is 2.23. The lowest BCUT2D eigenvalue weighted by atomic mass is 9.84. The summed E-state index contributed by atoms with van der Waals surface area (Å²) in [4.78, 5) is 11.2. The van der Waals surface area contributed by atoms with Crippen molar-refractivity contribution in [2.45, 2.75) is 33.1 Å². The fraction of sp³-hybridized carbons (Fsp3) is 0.909. The molecule has 1 aliphatic heterocycles. The molecule has 1 fully saturated rings. The van der Waals surface area contributed by atoms with Crippen molar-refractivity contribution in [3.8, 4) is 0 Å². The predicted molar refractivity (Wildman–Crippen MR) is 56.0 cm³/mol. The Labute approximate surface area is 86.2 Å². The average Bonchev–Trinajstić information content (AvgIpc) is 2.17. The molecule has 2 unspecified atom stereocenters. The average molecular weight is 199 g/mol. The van der Waals surface area contributed by atoms with E-state index in [0.29, 0.717) is 24.9 Å². The van der Waals surface area contributed by atoms with E-state index in [4.69, 9.17) is 4.74 Å². The van der Waals surface area contributed by atoms with Crippen molar-refractivity contribution in [1.29, 1.82) is 0 Å². The van der Waals surface area contributed by atoms with Crippen molar-refractivity contribution >= 4 is 5.97 Å². The Morgan fingerprint density at radius 3 is 3.00 bits per heavy atom. The SMILES string of the molecule is CCOC(=O)CCC1CCNCC1C. The molecule has 0 aromatic heterocycles. The molecule has 82 valence electrons. The number of piperidine rings is 1. The number of rotatable bonds is 4. The van der Waals surface area contributed by atoms with Gasteiger partial charge in [0.25, 0.3) is 0 Å². The molecule has 3 heteroatoms. The molecular weight excluding hydrogens is 178 g/mol. The quantitative estimate of drug-likeness (QED) is 0.698. The van der Waals surface area contributed by atoms with Gasteiger partial charge in [-0.1, -0.05) is 6.92 Å². The number of carbonyl (C=O) groups excluding carboxylic acids is 1. The fourth-order valence-corrected chi connectivity index (χ4v) is 2.03. The Morgan fingerprint density at radius 2 is 2.36 bits per heavy atom. The van der Waals surface area contributed by atoms with Gasteiger partial charge in [0.1, 0.15) is 0 Å². The maximum atomic E-state index is 11.2. The zero-order chi connectivity index (χ0) is 10.4. The zero-order valence-corrected chi connectivity index (χ0v) is 9.21. The van der Waals surface area contributed by atoms with Gasteiger partial charge in [0.05, 0.1) is 6.61 Å². The zero-order valence-electron chi connectivity index (χ0n) is 9.21. The third-order valence-electron chi connectivity index (χ3n) is 2.99. The van der Waals surface area contributed by atoms with Crippen LogP contribution in [-0.4, -0.2) is 25.7 Å². The van der Waals surface area contributed by atoms with Gasteiger partial charge < -0.3 is 10.1 Å². The van der Waals surface area contributed by atoms with E-state index in [1.165, 1.54) is 6.42 Å². The van der Waals surface area contributed by atoms with Gasteiger partial charge in [-0.2, -0.15) is 0 Å². The van der Waals surface area contributed by atoms with Crippen molar-refractivity contribution in [3.05, 3.63) is 0 Å². The molecule has 3 nitrogen and oxygen atoms in total. The summed E-state index contributed by atoms with van der Waals surface area (Å²) in [5.74, 6) is 1.34. The van der Waals surface area contributed by atoms with Gasteiger partial charge in [0, 0.05) is 6.42 Å². The van der Waals surface area contributed by atoms with Crippen molar-refractivity contribution < 1.29 is 9.53 Å². The number of nitrogens with one attached hydrogen (secondary N) is 1. The van der Waals surface area contributed by atoms with Crippen LogP contribution in [0.25, 0.3) is 0 Å². The smallest absolute Gasteiger partial charge is 0.305 e. The Morgan fingerprint density at radius 1 is 1.57 bits per heavy atom. The number of carbonyl (C=O) groups is 1. The minimum Gasteiger partial charge on any atom is -0.466 e. The Bertz CT molecular complexity index is 182. The molecule has 0 radical (unpaired) electrons. The lowest BCUT2D eigenvalue weighted by Gasteiger charge is -2.29. The Kier molecular flexibility index (Phi) is 4.94. The van der Waals surface area contributed by atoms with Crippen molar-refractivity contribution in [3.63, 3.8) is 0 Å². The summed E-state index contributed by atoms with van der Waals surface area (Å²) in [7, 11) is 0. The molecule has 1 aliphatic rings. The largest absolute Gasteiger partial charge is 0.466 e. The van der Waals surface area contributed by atoms with Crippen LogP contribution in [0.5, 0.6) is 0 Å². The topological polar surface area (TPSA) is 38.3 Å². The van der Waals surface area contributed by atoms with E-state index in [1.807, 2.05) is 6.92 Å². The maximum absolute atomic E-state index is 11.2. The monoisotopic (exact) mass is 199 g/mol. The third kappa shape index (κ3) is 3.66. The molecular formula is C11H21NO2. The van der Waals surface area contributed by atoms with E-state index in [0.717, 1.165) is 19.5 Å².